The van der Waals surface area contributed by atoms with Gasteiger partial charge in [0.2, 0.25) is 0 Å². The highest BCUT2D eigenvalue weighted by molar-refractivity contribution is 5.57. The van der Waals surface area contributed by atoms with Crippen molar-refractivity contribution in [2.24, 2.45) is 5.92 Å². The summed E-state index contributed by atoms with van der Waals surface area (Å²) < 4.78 is 2.22. The molecule has 0 saturated heterocycles. The number of hydrogen-bond donors (Lipinski definition) is 1. The molecular weight excluding hydrogens is 234 g/mol. The number of fused-ring (bicyclic) bond motifs is 1. The first-order valence-corrected chi connectivity index (χ1v) is 7.12. The topological polar surface area (TPSA) is 29.9 Å². The minimum absolute atomic E-state index is 0.648. The lowest BCUT2D eigenvalue weighted by Gasteiger charge is -2.19. The maximum atomic E-state index is 4.31. The van der Waals surface area contributed by atoms with Gasteiger partial charge in [-0.15, -0.1) is 0 Å². The van der Waals surface area contributed by atoms with Gasteiger partial charge in [0.1, 0.15) is 0 Å². The van der Waals surface area contributed by atoms with E-state index in [0.29, 0.717) is 5.92 Å². The number of nitrogens with zero attached hydrogens (tertiary/aromatic N) is 2. The van der Waals surface area contributed by atoms with E-state index in [9.17, 15) is 0 Å². The van der Waals surface area contributed by atoms with Crippen molar-refractivity contribution in [3.8, 4) is 5.69 Å². The SMILES string of the molecule is CC(C)Cc1cncn1-c1ccc2c(c1)CCCN2. The molecule has 1 N–H and O–H groups in total. The summed E-state index contributed by atoms with van der Waals surface area (Å²) in [6.07, 6.45) is 7.37. The van der Waals surface area contributed by atoms with Crippen molar-refractivity contribution < 1.29 is 0 Å². The van der Waals surface area contributed by atoms with Gasteiger partial charge < -0.3 is 9.88 Å². The molecule has 19 heavy (non-hydrogen) atoms. The zero-order chi connectivity index (χ0) is 13.2. The summed E-state index contributed by atoms with van der Waals surface area (Å²) >= 11 is 0. The van der Waals surface area contributed by atoms with Crippen molar-refractivity contribution in [2.45, 2.75) is 33.1 Å². The third kappa shape index (κ3) is 2.50. The molecule has 2 aromatic rings. The van der Waals surface area contributed by atoms with Crippen LogP contribution in [-0.4, -0.2) is 16.1 Å². The number of anilines is 1. The van der Waals surface area contributed by atoms with Crippen LogP contribution in [-0.2, 0) is 12.8 Å². The van der Waals surface area contributed by atoms with Crippen molar-refractivity contribution >= 4 is 5.69 Å². The van der Waals surface area contributed by atoms with E-state index in [4.69, 9.17) is 0 Å². The lowest BCUT2D eigenvalue weighted by Crippen LogP contribution is -2.12. The molecule has 3 nitrogen and oxygen atoms in total. The minimum Gasteiger partial charge on any atom is -0.385 e. The van der Waals surface area contributed by atoms with Crippen LogP contribution >= 0.6 is 0 Å². The Bertz CT molecular complexity index is 569. The Hall–Kier alpha value is -1.77. The summed E-state index contributed by atoms with van der Waals surface area (Å²) in [7, 11) is 0. The molecule has 2 heterocycles. The molecule has 100 valence electrons. The van der Waals surface area contributed by atoms with Crippen LogP contribution in [0.3, 0.4) is 0 Å². The van der Waals surface area contributed by atoms with Gasteiger partial charge in [-0.1, -0.05) is 13.8 Å². The predicted octanol–water partition coefficient (Wildman–Crippen LogP) is 3.43. The molecule has 0 bridgehead atoms. The fourth-order valence-electron chi connectivity index (χ4n) is 2.74. The van der Waals surface area contributed by atoms with Crippen LogP contribution in [0.15, 0.2) is 30.7 Å². The molecule has 0 saturated carbocycles. The van der Waals surface area contributed by atoms with Crippen LogP contribution in [0.2, 0.25) is 0 Å². The lowest BCUT2D eigenvalue weighted by molar-refractivity contribution is 0.627. The number of benzene rings is 1. The van der Waals surface area contributed by atoms with E-state index >= 15 is 0 Å². The molecule has 0 unspecified atom stereocenters. The Kier molecular flexibility index (Phi) is 3.28. The molecule has 0 spiro atoms. The standard InChI is InChI=1S/C16H21N3/c1-12(2)8-15-10-17-11-19(15)14-5-6-16-13(9-14)4-3-7-18-16/h5-6,9-12,18H,3-4,7-8H2,1-2H3. The molecule has 0 atom stereocenters. The third-order valence-electron chi connectivity index (χ3n) is 3.64. The Morgan fingerprint density at radius 3 is 3.11 bits per heavy atom. The summed E-state index contributed by atoms with van der Waals surface area (Å²) in [6.45, 7) is 5.58. The molecule has 1 aliphatic heterocycles. The molecule has 3 heteroatoms. The van der Waals surface area contributed by atoms with Gasteiger partial charge in [-0.25, -0.2) is 4.98 Å². The van der Waals surface area contributed by atoms with Crippen LogP contribution in [0.25, 0.3) is 5.69 Å². The number of aromatic nitrogens is 2. The van der Waals surface area contributed by atoms with Crippen molar-refractivity contribution in [1.82, 2.24) is 9.55 Å². The molecule has 0 fully saturated rings. The molecule has 1 aromatic heterocycles. The van der Waals surface area contributed by atoms with Crippen molar-refractivity contribution in [2.75, 3.05) is 11.9 Å². The molecular formula is C16H21N3. The molecule has 1 aliphatic rings. The predicted molar refractivity (Wildman–Crippen MR) is 78.9 cm³/mol. The highest BCUT2D eigenvalue weighted by Crippen LogP contribution is 2.25. The number of nitrogens with one attached hydrogen (secondary N) is 1. The zero-order valence-corrected chi connectivity index (χ0v) is 11.7. The third-order valence-corrected chi connectivity index (χ3v) is 3.64. The summed E-state index contributed by atoms with van der Waals surface area (Å²) in [5.74, 6) is 0.648. The van der Waals surface area contributed by atoms with Gasteiger partial charge in [0.25, 0.3) is 0 Å². The summed E-state index contributed by atoms with van der Waals surface area (Å²) in [6, 6.07) is 6.68. The number of hydrogen-bond acceptors (Lipinski definition) is 2. The number of imidazole rings is 1. The quantitative estimate of drug-likeness (QED) is 0.910. The fraction of sp³-hybridized carbons (Fsp3) is 0.438. The smallest absolute Gasteiger partial charge is 0.0994 e. The largest absolute Gasteiger partial charge is 0.385 e. The Balaban J connectivity index is 1.96. The Labute approximate surface area is 114 Å². The van der Waals surface area contributed by atoms with E-state index in [1.807, 2.05) is 12.5 Å². The second-order valence-corrected chi connectivity index (χ2v) is 5.72. The number of rotatable bonds is 3. The summed E-state index contributed by atoms with van der Waals surface area (Å²) in [4.78, 5) is 4.31. The van der Waals surface area contributed by atoms with Gasteiger partial charge in [0, 0.05) is 29.8 Å². The van der Waals surface area contributed by atoms with Crippen LogP contribution in [0.5, 0.6) is 0 Å². The highest BCUT2D eigenvalue weighted by Gasteiger charge is 2.11. The average Bonchev–Trinajstić information content (AvgIpc) is 2.85. The van der Waals surface area contributed by atoms with Gasteiger partial charge in [-0.05, 0) is 48.9 Å². The average molecular weight is 255 g/mol. The van der Waals surface area contributed by atoms with Crippen LogP contribution in [0.4, 0.5) is 5.69 Å². The normalized spacial score (nSPS) is 14.3. The van der Waals surface area contributed by atoms with Crippen molar-refractivity contribution in [3.63, 3.8) is 0 Å². The van der Waals surface area contributed by atoms with E-state index in [0.717, 1.165) is 13.0 Å². The van der Waals surface area contributed by atoms with E-state index in [-0.39, 0.29) is 0 Å². The van der Waals surface area contributed by atoms with Gasteiger partial charge in [0.15, 0.2) is 0 Å². The lowest BCUT2D eigenvalue weighted by atomic mass is 10.0. The first-order valence-electron chi connectivity index (χ1n) is 7.12. The minimum atomic E-state index is 0.648. The molecule has 0 aliphatic carbocycles. The monoisotopic (exact) mass is 255 g/mol. The zero-order valence-electron chi connectivity index (χ0n) is 11.7. The Morgan fingerprint density at radius 1 is 1.37 bits per heavy atom. The highest BCUT2D eigenvalue weighted by atomic mass is 15.0. The van der Waals surface area contributed by atoms with Crippen LogP contribution in [0, 0.1) is 5.92 Å². The van der Waals surface area contributed by atoms with Crippen LogP contribution < -0.4 is 5.32 Å². The van der Waals surface area contributed by atoms with Gasteiger partial charge in [0.05, 0.1) is 6.33 Å². The molecule has 0 radical (unpaired) electrons. The molecule has 0 amide bonds. The van der Waals surface area contributed by atoms with Crippen molar-refractivity contribution in [3.05, 3.63) is 42.0 Å². The van der Waals surface area contributed by atoms with Crippen molar-refractivity contribution in [1.29, 1.82) is 0 Å². The van der Waals surface area contributed by atoms with Gasteiger partial charge >= 0.3 is 0 Å². The molecule has 3 rings (SSSR count). The first kappa shape index (κ1) is 12.3. The van der Waals surface area contributed by atoms with E-state index in [2.05, 4.69) is 46.9 Å². The van der Waals surface area contributed by atoms with Gasteiger partial charge in [-0.3, -0.25) is 0 Å². The maximum Gasteiger partial charge on any atom is 0.0994 e. The van der Waals surface area contributed by atoms with E-state index in [1.165, 1.54) is 35.5 Å². The Morgan fingerprint density at radius 2 is 2.26 bits per heavy atom. The molecule has 1 aromatic carbocycles. The maximum absolute atomic E-state index is 4.31. The van der Waals surface area contributed by atoms with Gasteiger partial charge in [-0.2, -0.15) is 0 Å². The second kappa shape index (κ2) is 5.08. The summed E-state index contributed by atoms with van der Waals surface area (Å²) in [5.41, 5.74) is 5.24. The van der Waals surface area contributed by atoms with E-state index < -0.39 is 0 Å². The van der Waals surface area contributed by atoms with Crippen LogP contribution in [0.1, 0.15) is 31.5 Å². The second-order valence-electron chi connectivity index (χ2n) is 5.72. The summed E-state index contributed by atoms with van der Waals surface area (Å²) in [5, 5.41) is 3.46. The number of aryl methyl sites for hydroxylation is 1. The first-order chi connectivity index (χ1) is 9.24. The fourth-order valence-corrected chi connectivity index (χ4v) is 2.74. The van der Waals surface area contributed by atoms with E-state index in [1.54, 1.807) is 0 Å².